The van der Waals surface area contributed by atoms with Crippen LogP contribution in [-0.4, -0.2) is 42.1 Å². The van der Waals surface area contributed by atoms with E-state index in [9.17, 15) is 13.6 Å². The molecule has 1 amide bonds. The lowest BCUT2D eigenvalue weighted by atomic mass is 9.95. The van der Waals surface area contributed by atoms with E-state index >= 15 is 0 Å². The molecule has 1 aliphatic heterocycles. The van der Waals surface area contributed by atoms with E-state index in [1.54, 1.807) is 6.92 Å². The molecule has 0 unspecified atom stereocenters. The Labute approximate surface area is 124 Å². The Balaban J connectivity index is 1.85. The first kappa shape index (κ1) is 15.9. The van der Waals surface area contributed by atoms with Crippen molar-refractivity contribution < 1.29 is 13.6 Å². The van der Waals surface area contributed by atoms with Crippen molar-refractivity contribution >= 4 is 5.91 Å². The predicted octanol–water partition coefficient (Wildman–Crippen LogP) is 2.65. The number of carbonyl (C=O) groups excluding carboxylic acids is 1. The summed E-state index contributed by atoms with van der Waals surface area (Å²) in [6.45, 7) is 1.59. The first-order valence-electron chi connectivity index (χ1n) is 7.41. The molecule has 118 valence electrons. The van der Waals surface area contributed by atoms with Gasteiger partial charge in [0.2, 0.25) is 0 Å². The highest BCUT2D eigenvalue weighted by atomic mass is 19.3. The van der Waals surface area contributed by atoms with Gasteiger partial charge in [-0.1, -0.05) is 0 Å². The van der Waals surface area contributed by atoms with Crippen LogP contribution in [0, 0.1) is 12.8 Å². The zero-order valence-electron chi connectivity index (χ0n) is 12.6. The van der Waals surface area contributed by atoms with Gasteiger partial charge in [-0.15, -0.1) is 0 Å². The number of aromatic nitrogens is 1. The molecule has 1 N–H and O–H groups in total. The number of nitrogens with one attached hydrogen (secondary N) is 1. The Morgan fingerprint density at radius 3 is 2.90 bits per heavy atom. The highest BCUT2D eigenvalue weighted by molar-refractivity contribution is 5.92. The van der Waals surface area contributed by atoms with Crippen molar-refractivity contribution in [3.05, 3.63) is 23.5 Å². The van der Waals surface area contributed by atoms with Crippen LogP contribution in [0.5, 0.6) is 0 Å². The predicted molar refractivity (Wildman–Crippen MR) is 77.6 cm³/mol. The van der Waals surface area contributed by atoms with Crippen molar-refractivity contribution in [2.75, 3.05) is 26.7 Å². The van der Waals surface area contributed by atoms with Crippen LogP contribution in [-0.2, 0) is 0 Å². The summed E-state index contributed by atoms with van der Waals surface area (Å²) in [6, 6.07) is 2.99. The third-order valence-electron chi connectivity index (χ3n) is 4.11. The number of halogens is 2. The lowest BCUT2D eigenvalue weighted by Crippen LogP contribution is -2.35. The monoisotopic (exact) mass is 299 g/mol. The maximum atomic E-state index is 12.9. The second-order valence-electron chi connectivity index (χ2n) is 5.82. The molecule has 0 saturated carbocycles. The van der Waals surface area contributed by atoms with Crippen molar-refractivity contribution in [2.45, 2.75) is 32.7 Å². The van der Waals surface area contributed by atoms with Gasteiger partial charge in [0.05, 0.1) is 0 Å². The molecule has 4 nitrogen and oxygen atoms in total. The number of piperidine rings is 1. The molecule has 2 heterocycles. The van der Waals surface area contributed by atoms with Gasteiger partial charge >= 0.3 is 6.55 Å². The third-order valence-corrected chi connectivity index (χ3v) is 4.11. The van der Waals surface area contributed by atoms with Crippen molar-refractivity contribution in [1.29, 1.82) is 0 Å². The van der Waals surface area contributed by atoms with Crippen molar-refractivity contribution in [3.8, 4) is 0 Å². The highest BCUT2D eigenvalue weighted by Gasteiger charge is 2.20. The van der Waals surface area contributed by atoms with Gasteiger partial charge < -0.3 is 10.2 Å². The first-order chi connectivity index (χ1) is 9.99. The van der Waals surface area contributed by atoms with E-state index in [4.69, 9.17) is 0 Å². The number of hydrogen-bond acceptors (Lipinski definition) is 2. The summed E-state index contributed by atoms with van der Waals surface area (Å²) >= 11 is 0. The number of alkyl halides is 2. The molecule has 0 radical (unpaired) electrons. The average molecular weight is 299 g/mol. The van der Waals surface area contributed by atoms with Gasteiger partial charge in [0, 0.05) is 18.8 Å². The number of carbonyl (C=O) groups is 1. The standard InChI is InChI=1S/C15H23F2N3O/c1-11-5-6-13(20(11)15(16)17)14(21)18-8-7-12-4-3-9-19(2)10-12/h5-6,12,15H,3-4,7-10H2,1-2H3,(H,18,21)/t12-/m0/s1. The van der Waals surface area contributed by atoms with E-state index < -0.39 is 12.5 Å². The molecule has 1 aromatic heterocycles. The van der Waals surface area contributed by atoms with Gasteiger partial charge in [0.15, 0.2) is 0 Å². The maximum Gasteiger partial charge on any atom is 0.319 e. The van der Waals surface area contributed by atoms with E-state index in [1.165, 1.54) is 25.0 Å². The summed E-state index contributed by atoms with van der Waals surface area (Å²) in [4.78, 5) is 14.3. The minimum atomic E-state index is -2.69. The number of amides is 1. The number of hydrogen-bond donors (Lipinski definition) is 1. The van der Waals surface area contributed by atoms with Gasteiger partial charge in [0.25, 0.3) is 5.91 Å². The molecule has 1 fully saturated rings. The molecule has 1 saturated heterocycles. The van der Waals surface area contributed by atoms with Crippen molar-refractivity contribution in [3.63, 3.8) is 0 Å². The van der Waals surface area contributed by atoms with Crippen LogP contribution in [0.1, 0.15) is 42.0 Å². The van der Waals surface area contributed by atoms with Crippen LogP contribution in [0.4, 0.5) is 8.78 Å². The number of nitrogens with zero attached hydrogens (tertiary/aromatic N) is 2. The Hall–Kier alpha value is -1.43. The topological polar surface area (TPSA) is 37.3 Å². The fraction of sp³-hybridized carbons (Fsp3) is 0.667. The Morgan fingerprint density at radius 1 is 1.48 bits per heavy atom. The molecule has 1 aliphatic rings. The lowest BCUT2D eigenvalue weighted by molar-refractivity contribution is 0.0617. The number of likely N-dealkylation sites (tertiary alicyclic amines) is 1. The molecule has 6 heteroatoms. The van der Waals surface area contributed by atoms with Crippen LogP contribution in [0.2, 0.25) is 0 Å². The zero-order valence-corrected chi connectivity index (χ0v) is 12.6. The maximum absolute atomic E-state index is 12.9. The smallest absolute Gasteiger partial charge is 0.319 e. The molecule has 1 aromatic rings. The molecular formula is C15H23F2N3O. The lowest BCUT2D eigenvalue weighted by Gasteiger charge is -2.29. The zero-order chi connectivity index (χ0) is 15.4. The summed E-state index contributed by atoms with van der Waals surface area (Å²) in [7, 11) is 2.10. The quantitative estimate of drug-likeness (QED) is 0.907. The summed E-state index contributed by atoms with van der Waals surface area (Å²) in [5.74, 6) is 0.153. The van der Waals surface area contributed by atoms with E-state index in [-0.39, 0.29) is 5.69 Å². The normalized spacial score (nSPS) is 20.0. The van der Waals surface area contributed by atoms with Gasteiger partial charge in [-0.25, -0.2) is 0 Å². The van der Waals surface area contributed by atoms with E-state index in [2.05, 4.69) is 17.3 Å². The molecule has 21 heavy (non-hydrogen) atoms. The number of rotatable bonds is 5. The van der Waals surface area contributed by atoms with Crippen LogP contribution in [0.3, 0.4) is 0 Å². The van der Waals surface area contributed by atoms with Crippen LogP contribution in [0.25, 0.3) is 0 Å². The summed E-state index contributed by atoms with van der Waals surface area (Å²) in [5, 5.41) is 2.76. The third kappa shape index (κ3) is 4.03. The Morgan fingerprint density at radius 2 is 2.24 bits per heavy atom. The summed E-state index contributed by atoms with van der Waals surface area (Å²) < 4.78 is 26.6. The van der Waals surface area contributed by atoms with E-state index in [0.29, 0.717) is 18.2 Å². The van der Waals surface area contributed by atoms with Crippen LogP contribution < -0.4 is 5.32 Å². The first-order valence-corrected chi connectivity index (χ1v) is 7.41. The van der Waals surface area contributed by atoms with Crippen LogP contribution >= 0.6 is 0 Å². The molecule has 2 rings (SSSR count). The molecular weight excluding hydrogens is 276 g/mol. The van der Waals surface area contributed by atoms with Gasteiger partial charge in [-0.2, -0.15) is 8.78 Å². The summed E-state index contributed by atoms with van der Waals surface area (Å²) in [6.07, 6.45) is 3.25. The highest BCUT2D eigenvalue weighted by Crippen LogP contribution is 2.19. The number of aryl methyl sites for hydroxylation is 1. The second-order valence-corrected chi connectivity index (χ2v) is 5.82. The fourth-order valence-corrected chi connectivity index (χ4v) is 2.98. The minimum Gasteiger partial charge on any atom is -0.351 e. The van der Waals surface area contributed by atoms with Crippen molar-refractivity contribution in [1.82, 2.24) is 14.8 Å². The van der Waals surface area contributed by atoms with Crippen molar-refractivity contribution in [2.24, 2.45) is 5.92 Å². The average Bonchev–Trinajstić information content (AvgIpc) is 2.81. The van der Waals surface area contributed by atoms with E-state index in [1.807, 2.05) is 0 Å². The molecule has 0 aliphatic carbocycles. The van der Waals surface area contributed by atoms with Gasteiger partial charge in [-0.3, -0.25) is 9.36 Å². The van der Waals surface area contributed by atoms with Gasteiger partial charge in [-0.05, 0) is 57.8 Å². The molecule has 0 bridgehead atoms. The second kappa shape index (κ2) is 7.02. The SMILES string of the molecule is Cc1ccc(C(=O)NCC[C@@H]2CCCN(C)C2)n1C(F)F. The largest absolute Gasteiger partial charge is 0.351 e. The minimum absolute atomic E-state index is 0.0308. The van der Waals surface area contributed by atoms with E-state index in [0.717, 1.165) is 24.1 Å². The van der Waals surface area contributed by atoms with Crippen LogP contribution in [0.15, 0.2) is 12.1 Å². The van der Waals surface area contributed by atoms with Gasteiger partial charge in [0.1, 0.15) is 5.69 Å². The molecule has 1 atom stereocenters. The Kier molecular flexibility index (Phi) is 5.33. The Bertz CT molecular complexity index is 487. The molecule has 0 aromatic carbocycles. The summed E-state index contributed by atoms with van der Waals surface area (Å²) in [5.41, 5.74) is 0.423. The fourth-order valence-electron chi connectivity index (χ4n) is 2.98. The molecule has 0 spiro atoms.